The first kappa shape index (κ1) is 27.8. The Labute approximate surface area is 209 Å². The summed E-state index contributed by atoms with van der Waals surface area (Å²) in [5.74, 6) is -3.10. The molecule has 0 aliphatic carbocycles. The molecule has 0 bridgehead atoms. The summed E-state index contributed by atoms with van der Waals surface area (Å²) in [7, 11) is 0. The van der Waals surface area contributed by atoms with Gasteiger partial charge in [-0.1, -0.05) is 30.3 Å². The van der Waals surface area contributed by atoms with Crippen molar-refractivity contribution < 1.29 is 32.3 Å². The van der Waals surface area contributed by atoms with E-state index >= 15 is 0 Å². The average molecular weight is 522 g/mol. The van der Waals surface area contributed by atoms with Gasteiger partial charge in [0, 0.05) is 44.8 Å². The van der Waals surface area contributed by atoms with Crippen molar-refractivity contribution in [1.29, 1.82) is 0 Å². The Hall–Kier alpha value is -3.77. The van der Waals surface area contributed by atoms with Crippen molar-refractivity contribution in [2.45, 2.75) is 19.3 Å². The fourth-order valence-electron chi connectivity index (χ4n) is 3.74. The number of carbonyl (C=O) groups is 2. The van der Waals surface area contributed by atoms with Crippen LogP contribution in [0.5, 0.6) is 0 Å². The van der Waals surface area contributed by atoms with Crippen LogP contribution in [0.1, 0.15) is 11.1 Å². The third-order valence-corrected chi connectivity index (χ3v) is 5.69. The van der Waals surface area contributed by atoms with Gasteiger partial charge < -0.3 is 15.4 Å². The van der Waals surface area contributed by atoms with E-state index in [9.17, 15) is 27.2 Å². The highest BCUT2D eigenvalue weighted by atomic mass is 19.4. The molecule has 1 fully saturated rings. The molecule has 0 unspecified atom stereocenters. The first-order valence-corrected chi connectivity index (χ1v) is 11.4. The van der Waals surface area contributed by atoms with Crippen molar-refractivity contribution in [1.82, 2.24) is 20.1 Å². The van der Waals surface area contributed by atoms with E-state index in [0.29, 0.717) is 30.7 Å². The Kier molecular flexibility index (Phi) is 9.36. The molecule has 3 aromatic rings. The summed E-state index contributed by atoms with van der Waals surface area (Å²) >= 11 is 0. The number of H-pyrrole nitrogens is 1. The lowest BCUT2D eigenvalue weighted by atomic mass is 10.1. The molecular weight excluding hydrogens is 496 g/mol. The predicted octanol–water partition coefficient (Wildman–Crippen LogP) is 2.73. The number of aliphatic carboxylic acids is 1. The molecule has 1 amide bonds. The van der Waals surface area contributed by atoms with Gasteiger partial charge in [0.25, 0.3) is 5.56 Å². The second-order valence-corrected chi connectivity index (χ2v) is 8.47. The Balaban J connectivity index is 0.000000479. The quantitative estimate of drug-likeness (QED) is 0.430. The van der Waals surface area contributed by atoms with Gasteiger partial charge in [0.15, 0.2) is 0 Å². The zero-order valence-electron chi connectivity index (χ0n) is 19.7. The average Bonchev–Trinajstić information content (AvgIpc) is 2.85. The number of alkyl halides is 3. The number of carboxylic acids is 1. The Morgan fingerprint density at radius 2 is 1.59 bits per heavy atom. The van der Waals surface area contributed by atoms with E-state index in [1.807, 2.05) is 36.4 Å². The van der Waals surface area contributed by atoms with E-state index < -0.39 is 12.1 Å². The Morgan fingerprint density at radius 1 is 0.973 bits per heavy atom. The van der Waals surface area contributed by atoms with Crippen molar-refractivity contribution in [2.24, 2.45) is 0 Å². The Morgan fingerprint density at radius 3 is 2.22 bits per heavy atom. The van der Waals surface area contributed by atoms with Crippen LogP contribution >= 0.6 is 0 Å². The molecule has 198 valence electrons. The minimum atomic E-state index is -5.08. The van der Waals surface area contributed by atoms with E-state index in [1.165, 1.54) is 12.1 Å². The summed E-state index contributed by atoms with van der Waals surface area (Å²) in [5, 5.41) is 10.9. The summed E-state index contributed by atoms with van der Waals surface area (Å²) in [5.41, 5.74) is 2.08. The molecule has 12 heteroatoms. The standard InChI is InChI=1S/C23H25FN4O2.C2HF3O2/c24-20-7-6-18-12-19(23(30)26-21(18)13-20)15-27-8-10-28(11-9-27)16-22(29)25-14-17-4-2-1-3-5-17;3-2(4,5)1(6)7/h1-7,12-13H,8-11,14-16H2,(H,25,29)(H,26,30);(H,6,7). The molecule has 2 heterocycles. The maximum Gasteiger partial charge on any atom is 0.490 e. The molecule has 1 saturated heterocycles. The van der Waals surface area contributed by atoms with Crippen LogP contribution in [0.3, 0.4) is 0 Å². The highest BCUT2D eigenvalue weighted by molar-refractivity contribution is 5.79. The maximum atomic E-state index is 13.3. The van der Waals surface area contributed by atoms with E-state index in [1.54, 1.807) is 6.07 Å². The highest BCUT2D eigenvalue weighted by Crippen LogP contribution is 2.15. The zero-order valence-corrected chi connectivity index (χ0v) is 19.7. The van der Waals surface area contributed by atoms with Gasteiger partial charge in [-0.25, -0.2) is 9.18 Å². The number of pyridine rings is 1. The van der Waals surface area contributed by atoms with Crippen LogP contribution in [-0.4, -0.2) is 70.7 Å². The van der Waals surface area contributed by atoms with Crippen molar-refractivity contribution in [3.8, 4) is 0 Å². The minimum absolute atomic E-state index is 0.0190. The number of halogens is 4. The van der Waals surface area contributed by atoms with Crippen LogP contribution in [0.2, 0.25) is 0 Å². The molecule has 37 heavy (non-hydrogen) atoms. The van der Waals surface area contributed by atoms with Gasteiger partial charge in [0.05, 0.1) is 12.1 Å². The fraction of sp³-hybridized carbons (Fsp3) is 0.320. The monoisotopic (exact) mass is 522 g/mol. The second-order valence-electron chi connectivity index (χ2n) is 8.47. The number of nitrogens with one attached hydrogen (secondary N) is 2. The number of carboxylic acid groups (broad SMARTS) is 1. The second kappa shape index (κ2) is 12.5. The summed E-state index contributed by atoms with van der Waals surface area (Å²) in [6, 6.07) is 16.1. The fourth-order valence-corrected chi connectivity index (χ4v) is 3.74. The van der Waals surface area contributed by atoms with Crippen LogP contribution in [0.25, 0.3) is 10.9 Å². The van der Waals surface area contributed by atoms with Gasteiger partial charge >= 0.3 is 12.1 Å². The van der Waals surface area contributed by atoms with Gasteiger partial charge in [-0.15, -0.1) is 0 Å². The molecule has 1 aliphatic rings. The number of benzene rings is 2. The molecular formula is C25H26F4N4O4. The zero-order chi connectivity index (χ0) is 27.0. The molecule has 8 nitrogen and oxygen atoms in total. The highest BCUT2D eigenvalue weighted by Gasteiger charge is 2.38. The van der Waals surface area contributed by atoms with E-state index in [2.05, 4.69) is 20.1 Å². The van der Waals surface area contributed by atoms with Crippen molar-refractivity contribution in [3.05, 3.63) is 81.9 Å². The Bertz CT molecular complexity index is 1270. The van der Waals surface area contributed by atoms with Gasteiger partial charge in [0.2, 0.25) is 5.91 Å². The summed E-state index contributed by atoms with van der Waals surface area (Å²) in [4.78, 5) is 40.6. The van der Waals surface area contributed by atoms with E-state index in [-0.39, 0.29) is 17.3 Å². The largest absolute Gasteiger partial charge is 0.490 e. The number of rotatable bonds is 6. The molecule has 1 aliphatic heterocycles. The lowest BCUT2D eigenvalue weighted by molar-refractivity contribution is -0.192. The third kappa shape index (κ3) is 8.69. The number of nitrogens with zero attached hydrogens (tertiary/aromatic N) is 2. The van der Waals surface area contributed by atoms with Crippen LogP contribution < -0.4 is 10.9 Å². The maximum absolute atomic E-state index is 13.3. The molecule has 2 aromatic carbocycles. The van der Waals surface area contributed by atoms with Gasteiger partial charge in [0.1, 0.15) is 5.82 Å². The van der Waals surface area contributed by atoms with E-state index in [4.69, 9.17) is 9.90 Å². The van der Waals surface area contributed by atoms with E-state index in [0.717, 1.165) is 37.1 Å². The van der Waals surface area contributed by atoms with Gasteiger partial charge in [-0.3, -0.25) is 19.4 Å². The van der Waals surface area contributed by atoms with Crippen molar-refractivity contribution in [3.63, 3.8) is 0 Å². The minimum Gasteiger partial charge on any atom is -0.475 e. The predicted molar refractivity (Wildman–Crippen MR) is 128 cm³/mol. The van der Waals surface area contributed by atoms with Crippen molar-refractivity contribution >= 4 is 22.8 Å². The SMILES string of the molecule is O=C(CN1CCN(Cc2cc3ccc(F)cc3[nH]c2=O)CC1)NCc1ccccc1.O=C(O)C(F)(F)F. The van der Waals surface area contributed by atoms with Crippen LogP contribution in [0.15, 0.2) is 59.4 Å². The first-order chi connectivity index (χ1) is 17.5. The smallest absolute Gasteiger partial charge is 0.475 e. The molecule has 0 spiro atoms. The number of hydrogen-bond donors (Lipinski definition) is 3. The number of piperazine rings is 1. The summed E-state index contributed by atoms with van der Waals surface area (Å²) in [6.07, 6.45) is -5.08. The molecule has 0 radical (unpaired) electrons. The van der Waals surface area contributed by atoms with Gasteiger partial charge in [-0.2, -0.15) is 13.2 Å². The molecule has 4 rings (SSSR count). The molecule has 1 aromatic heterocycles. The summed E-state index contributed by atoms with van der Waals surface area (Å²) < 4.78 is 45.1. The number of hydrogen-bond acceptors (Lipinski definition) is 5. The topological polar surface area (TPSA) is 106 Å². The normalized spacial score (nSPS) is 14.6. The number of aromatic nitrogens is 1. The number of fused-ring (bicyclic) bond motifs is 1. The van der Waals surface area contributed by atoms with Crippen LogP contribution in [0.4, 0.5) is 17.6 Å². The van der Waals surface area contributed by atoms with Gasteiger partial charge in [-0.05, 0) is 35.2 Å². The van der Waals surface area contributed by atoms with Crippen LogP contribution in [0, 0.1) is 5.82 Å². The lowest BCUT2D eigenvalue weighted by Crippen LogP contribution is -2.49. The van der Waals surface area contributed by atoms with Crippen LogP contribution in [-0.2, 0) is 22.7 Å². The number of aromatic amines is 1. The number of carbonyl (C=O) groups excluding carboxylic acids is 1. The van der Waals surface area contributed by atoms with Crippen molar-refractivity contribution in [2.75, 3.05) is 32.7 Å². The summed E-state index contributed by atoms with van der Waals surface area (Å²) in [6.45, 7) is 4.57. The third-order valence-electron chi connectivity index (χ3n) is 5.69. The lowest BCUT2D eigenvalue weighted by Gasteiger charge is -2.34. The molecule has 0 atom stereocenters. The molecule has 3 N–H and O–H groups in total. The first-order valence-electron chi connectivity index (χ1n) is 11.4. The number of amides is 1. The molecule has 0 saturated carbocycles.